The van der Waals surface area contributed by atoms with Gasteiger partial charge in [0.15, 0.2) is 5.69 Å². The van der Waals surface area contributed by atoms with E-state index >= 15 is 0 Å². The van der Waals surface area contributed by atoms with Crippen molar-refractivity contribution in [2.24, 2.45) is 20.5 Å². The van der Waals surface area contributed by atoms with Crippen molar-refractivity contribution in [1.29, 1.82) is 0 Å². The minimum Gasteiger partial charge on any atom is -0.379 e. The topological polar surface area (TPSA) is 185 Å². The molecule has 0 unspecified atom stereocenters. The summed E-state index contributed by atoms with van der Waals surface area (Å²) in [6.45, 7) is 3.54. The van der Waals surface area contributed by atoms with Crippen LogP contribution in [0.15, 0.2) is 156 Å². The minimum atomic E-state index is -4.36. The predicted octanol–water partition coefficient (Wildman–Crippen LogP) is 8.29. The van der Waals surface area contributed by atoms with Gasteiger partial charge in [0, 0.05) is 0 Å². The average molecular weight is 709 g/mol. The zero-order chi connectivity index (χ0) is 35.5. The Hall–Kier alpha value is -6.03. The SMILES string of the molecule is Cc1ccc(S(=O)(=O)Oc2ccc(N=Nc3ccc(-c4ccc(N=Nc5c(C)[nH]n(-c6ccc(S(=O)(=O)O)cc6)c5=O)cc4)cc3)cc2)cc1. The van der Waals surface area contributed by atoms with Gasteiger partial charge < -0.3 is 4.18 Å². The van der Waals surface area contributed by atoms with Crippen molar-refractivity contribution < 1.29 is 25.6 Å². The van der Waals surface area contributed by atoms with E-state index in [0.717, 1.165) is 16.7 Å². The molecule has 0 radical (unpaired) electrons. The second kappa shape index (κ2) is 13.8. The van der Waals surface area contributed by atoms with Crippen molar-refractivity contribution in [1.82, 2.24) is 9.78 Å². The smallest absolute Gasteiger partial charge is 0.339 e. The van der Waals surface area contributed by atoms with Gasteiger partial charge in [-0.15, -0.1) is 5.11 Å². The van der Waals surface area contributed by atoms with E-state index in [1.165, 1.54) is 53.2 Å². The van der Waals surface area contributed by atoms with Crippen molar-refractivity contribution in [3.8, 4) is 22.6 Å². The summed E-state index contributed by atoms with van der Waals surface area (Å²) in [7, 11) is -8.31. The van der Waals surface area contributed by atoms with Gasteiger partial charge >= 0.3 is 10.1 Å². The molecule has 0 atom stereocenters. The molecule has 0 amide bonds. The molecular weight excluding hydrogens is 681 g/mol. The lowest BCUT2D eigenvalue weighted by molar-refractivity contribution is 0.482. The van der Waals surface area contributed by atoms with Crippen molar-refractivity contribution in [3.05, 3.63) is 143 Å². The maximum Gasteiger partial charge on any atom is 0.339 e. The monoisotopic (exact) mass is 708 g/mol. The fraction of sp³-hybridized carbons (Fsp3) is 0.0571. The van der Waals surface area contributed by atoms with Gasteiger partial charge in [-0.1, -0.05) is 42.0 Å². The Bertz CT molecular complexity index is 2490. The predicted molar refractivity (Wildman–Crippen MR) is 187 cm³/mol. The summed E-state index contributed by atoms with van der Waals surface area (Å²) in [6.07, 6.45) is 0. The molecule has 1 aromatic heterocycles. The summed E-state index contributed by atoms with van der Waals surface area (Å²) in [5.41, 5.74) is 4.86. The van der Waals surface area contributed by atoms with Crippen LogP contribution in [0.3, 0.4) is 0 Å². The molecule has 15 heteroatoms. The first kappa shape index (κ1) is 33.9. The van der Waals surface area contributed by atoms with E-state index in [1.54, 1.807) is 43.3 Å². The van der Waals surface area contributed by atoms with Gasteiger partial charge in [0.1, 0.15) is 10.6 Å². The van der Waals surface area contributed by atoms with Crippen LogP contribution in [-0.4, -0.2) is 31.2 Å². The zero-order valence-electron chi connectivity index (χ0n) is 26.5. The zero-order valence-corrected chi connectivity index (χ0v) is 28.1. The molecule has 13 nitrogen and oxygen atoms in total. The largest absolute Gasteiger partial charge is 0.379 e. The highest BCUT2D eigenvalue weighted by Gasteiger charge is 2.17. The van der Waals surface area contributed by atoms with Crippen LogP contribution in [0.5, 0.6) is 5.75 Å². The Labute approximate surface area is 287 Å². The second-order valence-corrected chi connectivity index (χ2v) is 14.0. The molecule has 0 aliphatic carbocycles. The highest BCUT2D eigenvalue weighted by Crippen LogP contribution is 2.28. The lowest BCUT2D eigenvalue weighted by atomic mass is 10.1. The highest BCUT2D eigenvalue weighted by molar-refractivity contribution is 7.87. The third-order valence-electron chi connectivity index (χ3n) is 7.40. The molecule has 0 fully saturated rings. The molecule has 0 saturated carbocycles. The first-order valence-corrected chi connectivity index (χ1v) is 17.8. The summed E-state index contributed by atoms with van der Waals surface area (Å²) in [6, 6.07) is 32.5. The van der Waals surface area contributed by atoms with Gasteiger partial charge in [-0.2, -0.15) is 32.2 Å². The maximum absolute atomic E-state index is 13.0. The summed E-state index contributed by atoms with van der Waals surface area (Å²) in [5, 5.41) is 19.7. The first-order chi connectivity index (χ1) is 23.9. The molecular formula is C35H28N6O7S2. The average Bonchev–Trinajstić information content (AvgIpc) is 3.39. The molecule has 252 valence electrons. The van der Waals surface area contributed by atoms with Gasteiger partial charge in [0.05, 0.1) is 33.3 Å². The van der Waals surface area contributed by atoms with Gasteiger partial charge in [-0.25, -0.2) is 4.68 Å². The molecule has 0 bridgehead atoms. The minimum absolute atomic E-state index is 0.0708. The van der Waals surface area contributed by atoms with Crippen LogP contribution in [0.25, 0.3) is 16.8 Å². The van der Waals surface area contributed by atoms with Crippen molar-refractivity contribution >= 4 is 43.0 Å². The second-order valence-electron chi connectivity index (χ2n) is 11.0. The molecule has 2 N–H and O–H groups in total. The van der Waals surface area contributed by atoms with Crippen molar-refractivity contribution in [3.63, 3.8) is 0 Å². The van der Waals surface area contributed by atoms with E-state index in [2.05, 4.69) is 25.6 Å². The molecule has 0 aliphatic rings. The van der Waals surface area contributed by atoms with Crippen LogP contribution in [0, 0.1) is 13.8 Å². The van der Waals surface area contributed by atoms with Gasteiger partial charge in [-0.05, 0) is 110 Å². The summed E-state index contributed by atoms with van der Waals surface area (Å²) in [4.78, 5) is 12.8. The molecule has 1 heterocycles. The van der Waals surface area contributed by atoms with Gasteiger partial charge in [0.25, 0.3) is 15.7 Å². The number of nitrogens with zero attached hydrogens (tertiary/aromatic N) is 5. The van der Waals surface area contributed by atoms with Crippen LogP contribution in [0.4, 0.5) is 22.7 Å². The van der Waals surface area contributed by atoms with Crippen LogP contribution in [0.1, 0.15) is 11.3 Å². The number of aromatic amines is 1. The summed E-state index contributed by atoms with van der Waals surface area (Å²) in [5.74, 6) is 0.161. The molecule has 6 aromatic rings. The van der Waals surface area contributed by atoms with E-state index in [9.17, 15) is 26.2 Å². The Morgan fingerprint density at radius 2 is 1.06 bits per heavy atom. The number of hydrogen-bond acceptors (Lipinski definition) is 10. The molecule has 0 spiro atoms. The number of benzene rings is 5. The molecule has 0 aliphatic heterocycles. The Balaban J connectivity index is 1.08. The normalized spacial score (nSPS) is 12.1. The van der Waals surface area contributed by atoms with Gasteiger partial charge in [0.2, 0.25) is 0 Å². The molecule has 6 rings (SSSR count). The Morgan fingerprint density at radius 3 is 1.56 bits per heavy atom. The number of hydrogen-bond donors (Lipinski definition) is 2. The van der Waals surface area contributed by atoms with Crippen molar-refractivity contribution in [2.75, 3.05) is 0 Å². The van der Waals surface area contributed by atoms with E-state index in [-0.39, 0.29) is 21.2 Å². The number of azo groups is 2. The standard InChI is InChI=1S/C35H28N6O7S2/c1-23-3-19-33(20-4-23)50(46,47)48-31-17-13-29(14-18-31)37-36-27-9-5-25(6-10-27)26-7-11-28(12-8-26)38-39-34-24(2)40-41(35(34)42)30-15-21-32(22-16-30)49(43,44)45/h3-22,40H,1-2H3,(H,43,44,45). The van der Waals surface area contributed by atoms with Gasteiger partial charge in [-0.3, -0.25) is 14.4 Å². The molecule has 0 saturated heterocycles. The summed E-state index contributed by atoms with van der Waals surface area (Å²) >= 11 is 0. The van der Waals surface area contributed by atoms with E-state index < -0.39 is 25.8 Å². The third-order valence-corrected chi connectivity index (χ3v) is 9.53. The third kappa shape index (κ3) is 7.81. The summed E-state index contributed by atoms with van der Waals surface area (Å²) < 4.78 is 63.3. The Kier molecular flexibility index (Phi) is 9.37. The fourth-order valence-electron chi connectivity index (χ4n) is 4.72. The highest BCUT2D eigenvalue weighted by atomic mass is 32.2. The quantitative estimate of drug-likeness (QED) is 0.0814. The number of aromatic nitrogens is 2. The number of aryl methyl sites for hydroxylation is 2. The maximum atomic E-state index is 13.0. The molecule has 50 heavy (non-hydrogen) atoms. The van der Waals surface area contributed by atoms with E-state index in [0.29, 0.717) is 28.4 Å². The fourth-order valence-corrected chi connectivity index (χ4v) is 6.13. The lowest BCUT2D eigenvalue weighted by Gasteiger charge is -2.07. The van der Waals surface area contributed by atoms with E-state index in [4.69, 9.17) is 4.18 Å². The number of rotatable bonds is 10. The first-order valence-electron chi connectivity index (χ1n) is 14.9. The lowest BCUT2D eigenvalue weighted by Crippen LogP contribution is -2.14. The van der Waals surface area contributed by atoms with Crippen molar-refractivity contribution in [2.45, 2.75) is 23.6 Å². The van der Waals surface area contributed by atoms with Crippen LogP contribution in [0.2, 0.25) is 0 Å². The Morgan fingerprint density at radius 1 is 0.600 bits per heavy atom. The van der Waals surface area contributed by atoms with E-state index in [1.807, 2.05) is 43.3 Å². The van der Waals surface area contributed by atoms with Crippen LogP contribution < -0.4 is 9.74 Å². The molecule has 5 aromatic carbocycles. The van der Waals surface area contributed by atoms with Crippen LogP contribution >= 0.6 is 0 Å². The number of nitrogens with one attached hydrogen (secondary N) is 1. The number of H-pyrrole nitrogens is 1. The van der Waals surface area contributed by atoms with Crippen LogP contribution in [-0.2, 0) is 20.2 Å².